The molecule has 0 aromatic heterocycles. The number of likely N-dealkylation sites (tertiary alicyclic amines) is 1. The molecule has 2 N–H and O–H groups in total. The summed E-state index contributed by atoms with van der Waals surface area (Å²) < 4.78 is 27.6. The van der Waals surface area contributed by atoms with Crippen LogP contribution in [0.15, 0.2) is 83.8 Å². The monoisotopic (exact) mass is 449 g/mol. The third-order valence-corrected chi connectivity index (χ3v) is 6.98. The number of hydrogen-bond acceptors (Lipinski definition) is 4. The summed E-state index contributed by atoms with van der Waals surface area (Å²) in [7, 11) is -3.72. The molecular formula is C25H27N3O3S. The Morgan fingerprint density at radius 3 is 2.12 bits per heavy atom. The number of anilines is 2. The third kappa shape index (κ3) is 5.75. The van der Waals surface area contributed by atoms with Crippen molar-refractivity contribution in [3.63, 3.8) is 0 Å². The van der Waals surface area contributed by atoms with Crippen molar-refractivity contribution in [1.82, 2.24) is 4.90 Å². The first kappa shape index (κ1) is 22.0. The van der Waals surface area contributed by atoms with Crippen molar-refractivity contribution >= 4 is 27.3 Å². The Hall–Kier alpha value is -3.16. The Morgan fingerprint density at radius 2 is 1.47 bits per heavy atom. The van der Waals surface area contributed by atoms with E-state index in [0.29, 0.717) is 16.9 Å². The van der Waals surface area contributed by atoms with Gasteiger partial charge in [-0.05, 0) is 86.4 Å². The molecular weight excluding hydrogens is 422 g/mol. The van der Waals surface area contributed by atoms with Crippen molar-refractivity contribution in [3.8, 4) is 0 Å². The minimum atomic E-state index is -3.72. The van der Waals surface area contributed by atoms with E-state index in [2.05, 4.69) is 14.9 Å². The molecule has 0 saturated carbocycles. The minimum absolute atomic E-state index is 0.0975. The van der Waals surface area contributed by atoms with Crippen molar-refractivity contribution in [3.05, 3.63) is 90.0 Å². The molecule has 0 atom stereocenters. The molecule has 3 aromatic carbocycles. The number of para-hydroxylation sites is 1. The smallest absolute Gasteiger partial charge is 0.261 e. The van der Waals surface area contributed by atoms with Gasteiger partial charge in [0.1, 0.15) is 0 Å². The first-order chi connectivity index (χ1) is 15.5. The Kier molecular flexibility index (Phi) is 6.87. The largest absolute Gasteiger partial charge is 0.322 e. The highest BCUT2D eigenvalue weighted by Crippen LogP contribution is 2.18. The van der Waals surface area contributed by atoms with Gasteiger partial charge < -0.3 is 10.2 Å². The Bertz CT molecular complexity index is 1140. The molecule has 4 rings (SSSR count). The highest BCUT2D eigenvalue weighted by atomic mass is 32.2. The van der Waals surface area contributed by atoms with E-state index >= 15 is 0 Å². The number of nitrogens with one attached hydrogen (secondary N) is 2. The summed E-state index contributed by atoms with van der Waals surface area (Å²) in [5, 5.41) is 2.87. The minimum Gasteiger partial charge on any atom is -0.322 e. The molecule has 1 saturated heterocycles. The van der Waals surface area contributed by atoms with Crippen LogP contribution >= 0.6 is 0 Å². The van der Waals surface area contributed by atoms with Crippen molar-refractivity contribution in [2.45, 2.75) is 24.2 Å². The van der Waals surface area contributed by atoms with E-state index in [0.717, 1.165) is 13.0 Å². The quantitative estimate of drug-likeness (QED) is 0.535. The van der Waals surface area contributed by atoms with Crippen LogP contribution in [-0.2, 0) is 16.4 Å². The second-order valence-electron chi connectivity index (χ2n) is 7.95. The molecule has 7 heteroatoms. The lowest BCUT2D eigenvalue weighted by Crippen LogP contribution is -2.21. The molecule has 3 aromatic rings. The molecule has 1 aliphatic rings. The molecule has 0 aliphatic carbocycles. The summed E-state index contributed by atoms with van der Waals surface area (Å²) in [6.45, 7) is 3.45. The Balaban J connectivity index is 1.34. The first-order valence-electron chi connectivity index (χ1n) is 10.8. The van der Waals surface area contributed by atoms with E-state index in [1.165, 1.54) is 55.8 Å². The van der Waals surface area contributed by atoms with E-state index in [4.69, 9.17) is 0 Å². The van der Waals surface area contributed by atoms with Gasteiger partial charge >= 0.3 is 0 Å². The standard InChI is InChI=1S/C25H27N3O3S/c29-25(26-22-12-8-20(9-13-22)16-19-28-17-4-5-18-28)21-10-14-24(15-11-21)32(30,31)27-23-6-2-1-3-7-23/h1-3,6-15,27H,4-5,16-19H2,(H,26,29). The number of carbonyl (C=O) groups excluding carboxylic acids is 1. The second kappa shape index (κ2) is 9.97. The zero-order valence-corrected chi connectivity index (χ0v) is 18.6. The summed E-state index contributed by atoms with van der Waals surface area (Å²) in [4.78, 5) is 15.1. The van der Waals surface area contributed by atoms with Gasteiger partial charge in [-0.15, -0.1) is 0 Å². The van der Waals surface area contributed by atoms with Gasteiger partial charge in [0.25, 0.3) is 15.9 Å². The molecule has 0 spiro atoms. The van der Waals surface area contributed by atoms with Crippen molar-refractivity contribution in [1.29, 1.82) is 0 Å². The molecule has 0 unspecified atom stereocenters. The van der Waals surface area contributed by atoms with Crippen molar-refractivity contribution in [2.75, 3.05) is 29.7 Å². The topological polar surface area (TPSA) is 78.5 Å². The zero-order chi connectivity index (χ0) is 22.4. The molecule has 166 valence electrons. The predicted molar refractivity (Wildman–Crippen MR) is 127 cm³/mol. The van der Waals surface area contributed by atoms with Crippen LogP contribution in [0.3, 0.4) is 0 Å². The van der Waals surface area contributed by atoms with Crippen molar-refractivity contribution < 1.29 is 13.2 Å². The van der Waals surface area contributed by atoms with E-state index in [1.54, 1.807) is 24.3 Å². The predicted octanol–water partition coefficient (Wildman–Crippen LogP) is 4.38. The fraction of sp³-hybridized carbons (Fsp3) is 0.240. The van der Waals surface area contributed by atoms with Gasteiger partial charge in [0.15, 0.2) is 0 Å². The van der Waals surface area contributed by atoms with E-state index < -0.39 is 10.0 Å². The van der Waals surface area contributed by atoms with Crippen LogP contribution in [-0.4, -0.2) is 38.9 Å². The highest BCUT2D eigenvalue weighted by Gasteiger charge is 2.15. The van der Waals surface area contributed by atoms with Crippen LogP contribution in [0.5, 0.6) is 0 Å². The number of nitrogens with zero attached hydrogens (tertiary/aromatic N) is 1. The average Bonchev–Trinajstić information content (AvgIpc) is 3.33. The summed E-state index contributed by atoms with van der Waals surface area (Å²) >= 11 is 0. The molecule has 1 amide bonds. The number of carbonyl (C=O) groups is 1. The maximum absolute atomic E-state index is 12.6. The lowest BCUT2D eigenvalue weighted by molar-refractivity contribution is 0.102. The van der Waals surface area contributed by atoms with Gasteiger partial charge in [0.05, 0.1) is 4.90 Å². The van der Waals surface area contributed by atoms with E-state index in [-0.39, 0.29) is 10.8 Å². The molecule has 1 heterocycles. The Labute approximate surface area is 189 Å². The maximum Gasteiger partial charge on any atom is 0.261 e. The number of hydrogen-bond donors (Lipinski definition) is 2. The molecule has 6 nitrogen and oxygen atoms in total. The van der Waals surface area contributed by atoms with Gasteiger partial charge in [0, 0.05) is 23.5 Å². The SMILES string of the molecule is O=C(Nc1ccc(CCN2CCCC2)cc1)c1ccc(S(=O)(=O)Nc2ccccc2)cc1. The van der Waals surface area contributed by atoms with Crippen LogP contribution in [0.1, 0.15) is 28.8 Å². The van der Waals surface area contributed by atoms with Gasteiger partial charge in [-0.25, -0.2) is 8.42 Å². The second-order valence-corrected chi connectivity index (χ2v) is 9.63. The van der Waals surface area contributed by atoms with Crippen LogP contribution in [0, 0.1) is 0 Å². The number of amides is 1. The molecule has 1 aliphatic heterocycles. The number of benzene rings is 3. The Morgan fingerprint density at radius 1 is 0.812 bits per heavy atom. The first-order valence-corrected chi connectivity index (χ1v) is 12.3. The van der Waals surface area contributed by atoms with Crippen LogP contribution in [0.2, 0.25) is 0 Å². The molecule has 0 radical (unpaired) electrons. The fourth-order valence-electron chi connectivity index (χ4n) is 3.76. The van der Waals surface area contributed by atoms with E-state index in [1.807, 2.05) is 30.3 Å². The normalized spacial score (nSPS) is 14.2. The van der Waals surface area contributed by atoms with Crippen LogP contribution in [0.25, 0.3) is 0 Å². The third-order valence-electron chi connectivity index (χ3n) is 5.58. The average molecular weight is 450 g/mol. The van der Waals surface area contributed by atoms with Gasteiger partial charge in [-0.1, -0.05) is 30.3 Å². The lowest BCUT2D eigenvalue weighted by atomic mass is 10.1. The van der Waals surface area contributed by atoms with Crippen LogP contribution < -0.4 is 10.0 Å². The maximum atomic E-state index is 12.6. The summed E-state index contributed by atoms with van der Waals surface area (Å²) in [6, 6.07) is 22.5. The van der Waals surface area contributed by atoms with Crippen molar-refractivity contribution in [2.24, 2.45) is 0 Å². The molecule has 1 fully saturated rings. The summed E-state index contributed by atoms with van der Waals surface area (Å²) in [5.74, 6) is -0.283. The summed E-state index contributed by atoms with van der Waals surface area (Å²) in [6.07, 6.45) is 3.59. The molecule has 32 heavy (non-hydrogen) atoms. The van der Waals surface area contributed by atoms with E-state index in [9.17, 15) is 13.2 Å². The van der Waals surface area contributed by atoms with Gasteiger partial charge in [-0.2, -0.15) is 0 Å². The highest BCUT2D eigenvalue weighted by molar-refractivity contribution is 7.92. The van der Waals surface area contributed by atoms with Gasteiger partial charge in [-0.3, -0.25) is 9.52 Å². The molecule has 0 bridgehead atoms. The number of rotatable bonds is 8. The fourth-order valence-corrected chi connectivity index (χ4v) is 4.82. The number of sulfonamides is 1. The lowest BCUT2D eigenvalue weighted by Gasteiger charge is -2.14. The van der Waals surface area contributed by atoms with Crippen LogP contribution in [0.4, 0.5) is 11.4 Å². The van der Waals surface area contributed by atoms with Gasteiger partial charge in [0.2, 0.25) is 0 Å². The summed E-state index contributed by atoms with van der Waals surface area (Å²) in [5.41, 5.74) is 2.83. The zero-order valence-electron chi connectivity index (χ0n) is 17.8.